The normalized spacial score (nSPS) is 12.0. The van der Waals surface area contributed by atoms with Crippen LogP contribution in [0.5, 0.6) is 11.5 Å². The van der Waals surface area contributed by atoms with Crippen LogP contribution >= 0.6 is 12.2 Å². The maximum absolute atomic E-state index is 11.1. The first kappa shape index (κ1) is 20.9. The van der Waals surface area contributed by atoms with E-state index in [2.05, 4.69) is 12.1 Å². The first-order valence-corrected chi connectivity index (χ1v) is 9.27. The third-order valence-corrected chi connectivity index (χ3v) is 4.75. The van der Waals surface area contributed by atoms with Crippen LogP contribution in [-0.2, 0) is 31.0 Å². The van der Waals surface area contributed by atoms with Gasteiger partial charge in [0, 0.05) is 31.0 Å². The number of ether oxygens (including phenoxy) is 2. The highest BCUT2D eigenvalue weighted by atomic mass is 32.1. The number of nitrogens with zero attached hydrogens (tertiary/aromatic N) is 3. The summed E-state index contributed by atoms with van der Waals surface area (Å²) in [4.78, 5) is 12.3. The largest absolute Gasteiger partial charge is 0.497 e. The lowest BCUT2D eigenvalue weighted by atomic mass is 10.2. The number of benzene rings is 1. The highest BCUT2D eigenvalue weighted by Crippen LogP contribution is 2.23. The highest BCUT2D eigenvalue weighted by molar-refractivity contribution is 7.71. The van der Waals surface area contributed by atoms with Gasteiger partial charge in [-0.3, -0.25) is 4.79 Å². The Bertz CT molecular complexity index is 846. The van der Waals surface area contributed by atoms with E-state index in [0.29, 0.717) is 24.4 Å². The van der Waals surface area contributed by atoms with Crippen LogP contribution in [0.25, 0.3) is 0 Å². The van der Waals surface area contributed by atoms with E-state index in [1.807, 2.05) is 29.7 Å². The minimum Gasteiger partial charge on any atom is -0.497 e. The molecule has 8 nitrogen and oxygen atoms in total. The lowest BCUT2D eigenvalue weighted by molar-refractivity contribution is -0.917. The van der Waals surface area contributed by atoms with Crippen LogP contribution in [0.2, 0.25) is 0 Å². The van der Waals surface area contributed by atoms with Gasteiger partial charge in [-0.15, -0.1) is 0 Å². The monoisotopic (exact) mass is 394 g/mol. The molecular weight excluding hydrogens is 366 g/mol. The van der Waals surface area contributed by atoms with Gasteiger partial charge in [-0.1, -0.05) is 0 Å². The van der Waals surface area contributed by atoms with Crippen LogP contribution in [0.3, 0.4) is 0 Å². The summed E-state index contributed by atoms with van der Waals surface area (Å²) in [6.07, 6.45) is 0.753. The van der Waals surface area contributed by atoms with E-state index in [1.54, 1.807) is 18.9 Å². The van der Waals surface area contributed by atoms with Crippen LogP contribution in [0.1, 0.15) is 24.7 Å². The summed E-state index contributed by atoms with van der Waals surface area (Å²) >= 11 is 5.55. The summed E-state index contributed by atoms with van der Waals surface area (Å²) in [5.41, 5.74) is 6.33. The van der Waals surface area contributed by atoms with Gasteiger partial charge >= 0.3 is 0 Å². The third kappa shape index (κ3) is 5.30. The van der Waals surface area contributed by atoms with Crippen LogP contribution < -0.4 is 20.1 Å². The van der Waals surface area contributed by atoms with Gasteiger partial charge in [-0.25, -0.2) is 0 Å². The number of nitrogens with one attached hydrogen (secondary N) is 1. The first-order chi connectivity index (χ1) is 12.9. The average Bonchev–Trinajstić information content (AvgIpc) is 2.94. The molecule has 1 amide bonds. The zero-order chi connectivity index (χ0) is 20.0. The number of carbonyl (C=O) groups is 1. The Labute approximate surface area is 164 Å². The van der Waals surface area contributed by atoms with Crippen molar-refractivity contribution in [2.24, 2.45) is 5.73 Å². The van der Waals surface area contributed by atoms with Gasteiger partial charge in [0.05, 0.1) is 21.3 Å². The molecule has 9 heteroatoms. The Balaban J connectivity index is 2.15. The molecule has 0 aliphatic rings. The number of aromatic nitrogens is 3. The van der Waals surface area contributed by atoms with Crippen molar-refractivity contribution in [3.05, 3.63) is 34.4 Å². The van der Waals surface area contributed by atoms with Gasteiger partial charge in [0.2, 0.25) is 10.7 Å². The smallest absolute Gasteiger partial charge is 0.217 e. The molecule has 148 valence electrons. The Morgan fingerprint density at radius 2 is 2.07 bits per heavy atom. The van der Waals surface area contributed by atoms with Crippen LogP contribution in [0.15, 0.2) is 18.2 Å². The first-order valence-electron chi connectivity index (χ1n) is 8.86. The van der Waals surface area contributed by atoms with Crippen molar-refractivity contribution >= 4 is 18.1 Å². The zero-order valence-corrected chi connectivity index (χ0v) is 17.1. The molecule has 0 radical (unpaired) electrons. The minimum atomic E-state index is -0.340. The number of methoxy groups -OCH3 is 2. The highest BCUT2D eigenvalue weighted by Gasteiger charge is 2.15. The molecule has 1 aromatic carbocycles. The van der Waals surface area contributed by atoms with E-state index in [1.165, 1.54) is 4.90 Å². The van der Waals surface area contributed by atoms with Gasteiger partial charge in [-0.2, -0.15) is 9.78 Å². The Morgan fingerprint density at radius 1 is 1.33 bits per heavy atom. The summed E-state index contributed by atoms with van der Waals surface area (Å²) in [6, 6.07) is 5.80. The minimum absolute atomic E-state index is 0.261. The quantitative estimate of drug-likeness (QED) is 0.574. The zero-order valence-electron chi connectivity index (χ0n) is 16.3. The summed E-state index contributed by atoms with van der Waals surface area (Å²) in [7, 11) is 5.35. The van der Waals surface area contributed by atoms with Crippen LogP contribution in [0.4, 0.5) is 0 Å². The summed E-state index contributed by atoms with van der Waals surface area (Å²) < 4.78 is 15.1. The van der Waals surface area contributed by atoms with Crippen molar-refractivity contribution in [3.63, 3.8) is 0 Å². The fourth-order valence-electron chi connectivity index (χ4n) is 2.96. The van der Waals surface area contributed by atoms with Gasteiger partial charge in [-0.05, 0) is 31.3 Å². The molecule has 0 bridgehead atoms. The number of quaternary nitrogens is 1. The number of aryl methyl sites for hydroxylation is 1. The Morgan fingerprint density at radius 3 is 2.67 bits per heavy atom. The number of nitrogens with two attached hydrogens (primary N) is 1. The second-order valence-corrected chi connectivity index (χ2v) is 6.74. The van der Waals surface area contributed by atoms with E-state index in [-0.39, 0.29) is 12.3 Å². The summed E-state index contributed by atoms with van der Waals surface area (Å²) in [5, 5.41) is 4.60. The van der Waals surface area contributed by atoms with Crippen molar-refractivity contribution in [1.29, 1.82) is 0 Å². The molecule has 1 unspecified atom stereocenters. The molecule has 0 spiro atoms. The standard InChI is InChI=1S/C18H27N5O3S/c1-5-22-17(9-8-16(19)24)20-23(18(22)27)12-21(2)11-13-6-7-14(25-3)10-15(13)26-4/h6-7,10H,5,8-9,11-12H2,1-4H3,(H2,19,24)/p+1. The fourth-order valence-corrected chi connectivity index (χ4v) is 3.30. The van der Waals surface area contributed by atoms with Crippen molar-refractivity contribution in [2.45, 2.75) is 39.5 Å². The maximum atomic E-state index is 11.1. The molecule has 1 aromatic heterocycles. The molecular formula is C18H28N5O3S+. The van der Waals surface area contributed by atoms with Crippen molar-refractivity contribution in [3.8, 4) is 11.5 Å². The second kappa shape index (κ2) is 9.52. The fraction of sp³-hybridized carbons (Fsp3) is 0.500. The van der Waals surface area contributed by atoms with E-state index < -0.39 is 0 Å². The Hall–Kier alpha value is -2.39. The molecule has 27 heavy (non-hydrogen) atoms. The van der Waals surface area contributed by atoms with Crippen molar-refractivity contribution in [1.82, 2.24) is 14.3 Å². The van der Waals surface area contributed by atoms with E-state index in [0.717, 1.165) is 29.4 Å². The molecule has 2 aromatic rings. The Kier molecular flexibility index (Phi) is 7.37. The molecule has 2 rings (SSSR count). The number of rotatable bonds is 10. The van der Waals surface area contributed by atoms with E-state index in [9.17, 15) is 4.79 Å². The number of hydrogen-bond donors (Lipinski definition) is 2. The van der Waals surface area contributed by atoms with Crippen LogP contribution in [0, 0.1) is 4.77 Å². The van der Waals surface area contributed by atoms with Gasteiger partial charge < -0.3 is 24.7 Å². The molecule has 1 atom stereocenters. The van der Waals surface area contributed by atoms with Gasteiger partial charge in [0.25, 0.3) is 0 Å². The number of amides is 1. The third-order valence-electron chi connectivity index (χ3n) is 4.32. The number of carbonyl (C=O) groups excluding carboxylic acids is 1. The predicted molar refractivity (Wildman–Crippen MR) is 104 cm³/mol. The van der Waals surface area contributed by atoms with Crippen LogP contribution in [-0.4, -0.2) is 41.5 Å². The van der Waals surface area contributed by atoms with E-state index in [4.69, 9.17) is 27.4 Å². The lowest BCUT2D eigenvalue weighted by Crippen LogP contribution is -3.07. The number of primary amides is 1. The van der Waals surface area contributed by atoms with Gasteiger partial charge in [0.15, 0.2) is 6.67 Å². The summed E-state index contributed by atoms with van der Waals surface area (Å²) in [5.74, 6) is 2.00. The molecule has 0 saturated carbocycles. The van der Waals surface area contributed by atoms with E-state index >= 15 is 0 Å². The molecule has 1 heterocycles. The predicted octanol–water partition coefficient (Wildman–Crippen LogP) is 0.541. The lowest BCUT2D eigenvalue weighted by Gasteiger charge is -2.16. The van der Waals surface area contributed by atoms with Crippen molar-refractivity contribution in [2.75, 3.05) is 21.3 Å². The topological polar surface area (TPSA) is 88.7 Å². The van der Waals surface area contributed by atoms with Crippen molar-refractivity contribution < 1.29 is 19.2 Å². The molecule has 0 aliphatic heterocycles. The molecule has 0 saturated heterocycles. The van der Waals surface area contributed by atoms with Gasteiger partial charge in [0.1, 0.15) is 23.9 Å². The molecule has 0 fully saturated rings. The molecule has 0 aliphatic carbocycles. The number of hydrogen-bond acceptors (Lipinski definition) is 5. The average molecular weight is 395 g/mol. The second-order valence-electron chi connectivity index (χ2n) is 6.38. The SMILES string of the molecule is CCn1c(CCC(N)=O)nn(C[NH+](C)Cc2ccc(OC)cc2OC)c1=S. The molecule has 3 N–H and O–H groups in total. The summed E-state index contributed by atoms with van der Waals surface area (Å²) in [6.45, 7) is 4.06. The maximum Gasteiger partial charge on any atom is 0.217 e.